The molecule has 12 heteroatoms. The highest BCUT2D eigenvalue weighted by Crippen LogP contribution is 2.41. The fraction of sp³-hybridized carbons (Fsp3) is 0.444. The van der Waals surface area contributed by atoms with Gasteiger partial charge in [0, 0.05) is 35.6 Å². The van der Waals surface area contributed by atoms with Gasteiger partial charge in [-0.25, -0.2) is 4.98 Å². The molecule has 0 spiro atoms. The molecule has 5 rings (SSSR count). The van der Waals surface area contributed by atoms with E-state index >= 15 is 0 Å². The number of carbonyl (C=O) groups excluding carboxylic acids is 3. The van der Waals surface area contributed by atoms with Gasteiger partial charge in [-0.2, -0.15) is 13.2 Å². The second-order valence-corrected chi connectivity index (χ2v) is 11.7. The molecule has 2 aliphatic heterocycles. The van der Waals surface area contributed by atoms with Gasteiger partial charge in [0.1, 0.15) is 5.69 Å². The van der Waals surface area contributed by atoms with Gasteiger partial charge in [-0.15, -0.1) is 11.3 Å². The van der Waals surface area contributed by atoms with Gasteiger partial charge in [0.05, 0.1) is 33.9 Å². The van der Waals surface area contributed by atoms with Crippen LogP contribution in [0.2, 0.25) is 0 Å². The summed E-state index contributed by atoms with van der Waals surface area (Å²) in [5, 5.41) is 5.91. The van der Waals surface area contributed by atoms with Crippen LogP contribution in [0.15, 0.2) is 24.4 Å². The molecule has 2 aliphatic rings. The molecule has 2 saturated heterocycles. The van der Waals surface area contributed by atoms with Gasteiger partial charge in [0.2, 0.25) is 17.7 Å². The minimum Gasteiger partial charge on any atom is -0.353 e. The number of nitrogens with one attached hydrogen (secondary N) is 2. The zero-order chi connectivity index (χ0) is 28.3. The van der Waals surface area contributed by atoms with Crippen LogP contribution in [0.25, 0.3) is 21.5 Å². The molecule has 0 bridgehead atoms. The Morgan fingerprint density at radius 2 is 1.92 bits per heavy atom. The molecule has 206 valence electrons. The third kappa shape index (κ3) is 4.80. The number of aryl methyl sites for hydroxylation is 1. The monoisotopic (exact) mass is 559 g/mol. The van der Waals surface area contributed by atoms with E-state index < -0.39 is 29.2 Å². The van der Waals surface area contributed by atoms with Gasteiger partial charge < -0.3 is 10.6 Å². The first kappa shape index (κ1) is 27.2. The predicted molar refractivity (Wildman–Crippen MR) is 140 cm³/mol. The predicted octanol–water partition coefficient (Wildman–Crippen LogP) is 3.85. The zero-order valence-corrected chi connectivity index (χ0v) is 22.7. The largest absolute Gasteiger partial charge is 0.433 e. The van der Waals surface area contributed by atoms with Crippen LogP contribution in [0.3, 0.4) is 0 Å². The lowest BCUT2D eigenvalue weighted by atomic mass is 9.82. The summed E-state index contributed by atoms with van der Waals surface area (Å²) in [5.41, 5.74) is 0.168. The lowest BCUT2D eigenvalue weighted by Gasteiger charge is -2.25. The Bertz CT molecular complexity index is 1500. The van der Waals surface area contributed by atoms with Gasteiger partial charge in [0.15, 0.2) is 0 Å². The maximum absolute atomic E-state index is 13.8. The van der Waals surface area contributed by atoms with E-state index in [0.29, 0.717) is 44.9 Å². The Kier molecular flexibility index (Phi) is 6.74. The fourth-order valence-corrected chi connectivity index (χ4v) is 6.19. The molecule has 2 unspecified atom stereocenters. The molecule has 3 amide bonds. The quantitative estimate of drug-likeness (QED) is 0.461. The number of rotatable bonds is 5. The molecular formula is C27H28F3N5O3S. The minimum atomic E-state index is -4.66. The molecular weight excluding hydrogens is 531 g/mol. The van der Waals surface area contributed by atoms with E-state index in [2.05, 4.69) is 20.6 Å². The third-order valence-electron chi connectivity index (χ3n) is 7.72. The summed E-state index contributed by atoms with van der Waals surface area (Å²) >= 11 is 1.26. The standard InChI is InChI=1S/C27H28F3N5O3S/c1-13-9-20(27(28,29)30)34-21(17(13)11-19-23(36)33-8-7-32-19)16-5-6-31-18-10-15(39-22(16)18)12-35-24(37)14(2)26(3,4)25(35)38/h5-6,9-10,14,19,32H,7-8,11-12H2,1-4H3,(H,33,36). The smallest absolute Gasteiger partial charge is 0.353 e. The minimum absolute atomic E-state index is 0.0555. The Hall–Kier alpha value is -3.38. The van der Waals surface area contributed by atoms with Crippen molar-refractivity contribution in [1.82, 2.24) is 25.5 Å². The highest BCUT2D eigenvalue weighted by atomic mass is 32.1. The number of amides is 3. The Labute approximate surface area is 227 Å². The summed E-state index contributed by atoms with van der Waals surface area (Å²) in [5.74, 6) is -1.20. The molecule has 2 N–H and O–H groups in total. The number of thiophene rings is 1. The van der Waals surface area contributed by atoms with Gasteiger partial charge in [-0.05, 0) is 42.7 Å². The first-order valence-electron chi connectivity index (χ1n) is 12.6. The van der Waals surface area contributed by atoms with Crippen molar-refractivity contribution in [2.24, 2.45) is 11.3 Å². The number of nitrogens with zero attached hydrogens (tertiary/aromatic N) is 3. The number of carbonyl (C=O) groups is 3. The number of imide groups is 1. The van der Waals surface area contributed by atoms with Crippen molar-refractivity contribution in [1.29, 1.82) is 0 Å². The SMILES string of the molecule is Cc1cc(C(F)(F)F)nc(-c2ccnc3cc(CN4C(=O)C(C)C(C)(C)C4=O)sc23)c1CC1NCCNC1=O. The summed E-state index contributed by atoms with van der Waals surface area (Å²) in [7, 11) is 0. The molecule has 8 nitrogen and oxygen atoms in total. The number of likely N-dealkylation sites (tertiary alicyclic amines) is 1. The van der Waals surface area contributed by atoms with Crippen molar-refractivity contribution in [3.8, 4) is 11.3 Å². The maximum Gasteiger partial charge on any atom is 0.433 e. The number of aromatic nitrogens is 2. The Morgan fingerprint density at radius 3 is 2.56 bits per heavy atom. The number of halogens is 3. The second kappa shape index (κ2) is 9.67. The van der Waals surface area contributed by atoms with Crippen LogP contribution in [-0.2, 0) is 33.5 Å². The molecule has 0 aliphatic carbocycles. The number of alkyl halides is 3. The van der Waals surface area contributed by atoms with Gasteiger partial charge in [0.25, 0.3) is 0 Å². The molecule has 0 radical (unpaired) electrons. The zero-order valence-electron chi connectivity index (χ0n) is 21.9. The molecule has 5 heterocycles. The lowest BCUT2D eigenvalue weighted by molar-refractivity contribution is -0.142. The topological polar surface area (TPSA) is 104 Å². The Balaban J connectivity index is 1.60. The van der Waals surface area contributed by atoms with E-state index in [1.54, 1.807) is 39.8 Å². The molecule has 3 aromatic heterocycles. The number of pyridine rings is 2. The first-order valence-corrected chi connectivity index (χ1v) is 13.4. The van der Waals surface area contributed by atoms with Gasteiger partial charge in [-0.3, -0.25) is 24.3 Å². The van der Waals surface area contributed by atoms with Crippen molar-refractivity contribution in [3.05, 3.63) is 46.1 Å². The van der Waals surface area contributed by atoms with E-state index in [-0.39, 0.29) is 36.4 Å². The first-order chi connectivity index (χ1) is 18.3. The molecule has 2 atom stereocenters. The van der Waals surface area contributed by atoms with Crippen molar-refractivity contribution in [2.45, 2.75) is 52.9 Å². The molecule has 0 aromatic carbocycles. The van der Waals surface area contributed by atoms with E-state index in [1.165, 1.54) is 22.4 Å². The van der Waals surface area contributed by atoms with E-state index in [1.807, 2.05) is 0 Å². The van der Waals surface area contributed by atoms with E-state index in [9.17, 15) is 27.6 Å². The number of piperazine rings is 1. The molecule has 0 saturated carbocycles. The summed E-state index contributed by atoms with van der Waals surface area (Å²) in [6, 6.07) is 3.75. The average molecular weight is 560 g/mol. The average Bonchev–Trinajstić information content (AvgIpc) is 3.35. The van der Waals surface area contributed by atoms with Crippen LogP contribution in [0, 0.1) is 18.3 Å². The van der Waals surface area contributed by atoms with Gasteiger partial charge >= 0.3 is 6.18 Å². The number of hydrogen-bond acceptors (Lipinski definition) is 7. The van der Waals surface area contributed by atoms with Crippen LogP contribution < -0.4 is 10.6 Å². The van der Waals surface area contributed by atoms with Crippen molar-refractivity contribution in [2.75, 3.05) is 13.1 Å². The van der Waals surface area contributed by atoms with Gasteiger partial charge in [-0.1, -0.05) is 20.8 Å². The number of hydrogen-bond donors (Lipinski definition) is 2. The van der Waals surface area contributed by atoms with Crippen LogP contribution in [0.1, 0.15) is 42.5 Å². The van der Waals surface area contributed by atoms with Crippen LogP contribution in [-0.4, -0.2) is 51.7 Å². The second-order valence-electron chi connectivity index (χ2n) is 10.6. The highest BCUT2D eigenvalue weighted by molar-refractivity contribution is 7.19. The van der Waals surface area contributed by atoms with E-state index in [4.69, 9.17) is 0 Å². The van der Waals surface area contributed by atoms with Crippen LogP contribution in [0.4, 0.5) is 13.2 Å². The number of fused-ring (bicyclic) bond motifs is 1. The molecule has 2 fully saturated rings. The summed E-state index contributed by atoms with van der Waals surface area (Å²) in [4.78, 5) is 48.5. The molecule has 3 aromatic rings. The van der Waals surface area contributed by atoms with E-state index in [0.717, 1.165) is 6.07 Å². The third-order valence-corrected chi connectivity index (χ3v) is 8.87. The van der Waals surface area contributed by atoms with Crippen LogP contribution >= 0.6 is 11.3 Å². The fourth-order valence-electron chi connectivity index (χ4n) is 5.07. The van der Waals surface area contributed by atoms with Crippen molar-refractivity contribution < 1.29 is 27.6 Å². The Morgan fingerprint density at radius 1 is 1.18 bits per heavy atom. The van der Waals surface area contributed by atoms with Crippen LogP contribution in [0.5, 0.6) is 0 Å². The summed E-state index contributed by atoms with van der Waals surface area (Å²) in [6.07, 6.45) is -3.01. The lowest BCUT2D eigenvalue weighted by Crippen LogP contribution is -2.53. The molecule has 39 heavy (non-hydrogen) atoms. The normalized spacial score (nSPS) is 21.6. The van der Waals surface area contributed by atoms with Crippen molar-refractivity contribution >= 4 is 39.3 Å². The van der Waals surface area contributed by atoms with Crippen molar-refractivity contribution in [3.63, 3.8) is 0 Å². The highest BCUT2D eigenvalue weighted by Gasteiger charge is 2.51. The maximum atomic E-state index is 13.8. The summed E-state index contributed by atoms with van der Waals surface area (Å²) in [6.45, 7) is 7.89. The summed E-state index contributed by atoms with van der Waals surface area (Å²) < 4.78 is 42.0.